The summed E-state index contributed by atoms with van der Waals surface area (Å²) in [6.07, 6.45) is 1.14. The van der Waals surface area contributed by atoms with Crippen LogP contribution in [0.15, 0.2) is 21.5 Å². The number of carbonyl (C=O) groups is 1. The summed E-state index contributed by atoms with van der Waals surface area (Å²) in [5, 5.41) is 2.03. The van der Waals surface area contributed by atoms with Crippen LogP contribution in [0.1, 0.15) is 10.4 Å². The molecule has 0 radical (unpaired) electrons. The third-order valence-electron chi connectivity index (χ3n) is 1.93. The van der Waals surface area contributed by atoms with Crippen molar-refractivity contribution in [2.24, 2.45) is 5.73 Å². The molecule has 17 heavy (non-hydrogen) atoms. The van der Waals surface area contributed by atoms with Crippen molar-refractivity contribution in [2.75, 3.05) is 13.1 Å². The van der Waals surface area contributed by atoms with Crippen molar-refractivity contribution >= 4 is 21.8 Å². The van der Waals surface area contributed by atoms with Gasteiger partial charge >= 0.3 is 0 Å². The van der Waals surface area contributed by atoms with Crippen molar-refractivity contribution in [3.8, 4) is 0 Å². The Balaban J connectivity index is 2.71. The van der Waals surface area contributed by atoms with Crippen molar-refractivity contribution in [2.45, 2.75) is 5.92 Å². The predicted molar refractivity (Wildman–Crippen MR) is 61.1 cm³/mol. The SMILES string of the molecule is NCC(F)(F)CNC(=O)c1c[nH]c(=O)c(Br)c1. The highest BCUT2D eigenvalue weighted by Crippen LogP contribution is 2.10. The van der Waals surface area contributed by atoms with Crippen LogP contribution >= 0.6 is 15.9 Å². The van der Waals surface area contributed by atoms with Crippen molar-refractivity contribution < 1.29 is 13.6 Å². The van der Waals surface area contributed by atoms with Gasteiger partial charge in [-0.2, -0.15) is 0 Å². The number of rotatable bonds is 4. The van der Waals surface area contributed by atoms with Crippen molar-refractivity contribution in [1.29, 1.82) is 0 Å². The van der Waals surface area contributed by atoms with Gasteiger partial charge in [0.05, 0.1) is 23.1 Å². The number of aromatic nitrogens is 1. The van der Waals surface area contributed by atoms with Gasteiger partial charge in [-0.25, -0.2) is 8.78 Å². The maximum absolute atomic E-state index is 12.8. The fourth-order valence-electron chi connectivity index (χ4n) is 0.971. The van der Waals surface area contributed by atoms with Crippen molar-refractivity contribution in [1.82, 2.24) is 10.3 Å². The van der Waals surface area contributed by atoms with Crippen LogP contribution in [-0.4, -0.2) is 29.9 Å². The van der Waals surface area contributed by atoms with Crippen LogP contribution in [0.25, 0.3) is 0 Å². The number of nitrogens with one attached hydrogen (secondary N) is 2. The van der Waals surface area contributed by atoms with E-state index in [-0.39, 0.29) is 10.0 Å². The van der Waals surface area contributed by atoms with E-state index < -0.39 is 30.5 Å². The third kappa shape index (κ3) is 3.90. The second kappa shape index (κ2) is 5.37. The number of aromatic amines is 1. The fourth-order valence-corrected chi connectivity index (χ4v) is 1.33. The van der Waals surface area contributed by atoms with E-state index in [2.05, 4.69) is 20.9 Å². The van der Waals surface area contributed by atoms with Crippen LogP contribution < -0.4 is 16.6 Å². The maximum Gasteiger partial charge on any atom is 0.277 e. The van der Waals surface area contributed by atoms with Gasteiger partial charge in [-0.05, 0) is 22.0 Å². The summed E-state index contributed by atoms with van der Waals surface area (Å²) in [5.41, 5.74) is 4.48. The van der Waals surface area contributed by atoms with Gasteiger partial charge in [-0.3, -0.25) is 9.59 Å². The maximum atomic E-state index is 12.8. The lowest BCUT2D eigenvalue weighted by Gasteiger charge is -2.14. The Morgan fingerprint density at radius 2 is 2.24 bits per heavy atom. The zero-order valence-electron chi connectivity index (χ0n) is 8.60. The molecule has 94 valence electrons. The number of carbonyl (C=O) groups excluding carboxylic acids is 1. The highest BCUT2D eigenvalue weighted by Gasteiger charge is 2.27. The Labute approximate surface area is 104 Å². The number of nitrogens with two attached hydrogens (primary N) is 1. The van der Waals surface area contributed by atoms with Gasteiger partial charge in [-0.15, -0.1) is 0 Å². The third-order valence-corrected chi connectivity index (χ3v) is 2.52. The summed E-state index contributed by atoms with van der Waals surface area (Å²) in [5.74, 6) is -3.86. The molecule has 1 amide bonds. The van der Waals surface area contributed by atoms with E-state index >= 15 is 0 Å². The first kappa shape index (κ1) is 13.8. The molecule has 0 unspecified atom stereocenters. The molecule has 0 saturated heterocycles. The molecule has 0 spiro atoms. The lowest BCUT2D eigenvalue weighted by atomic mass is 10.2. The minimum Gasteiger partial charge on any atom is -0.346 e. The minimum atomic E-state index is -3.14. The van der Waals surface area contributed by atoms with Crippen LogP contribution in [0.2, 0.25) is 0 Å². The highest BCUT2D eigenvalue weighted by molar-refractivity contribution is 9.10. The number of halogens is 3. The van der Waals surface area contributed by atoms with Gasteiger partial charge in [0.2, 0.25) is 0 Å². The Morgan fingerprint density at radius 1 is 1.59 bits per heavy atom. The first-order valence-corrected chi connectivity index (χ1v) is 5.39. The van der Waals surface area contributed by atoms with Gasteiger partial charge in [0.15, 0.2) is 0 Å². The Kier molecular flexibility index (Phi) is 4.35. The molecule has 0 bridgehead atoms. The summed E-state index contributed by atoms with van der Waals surface area (Å²) in [7, 11) is 0. The zero-order chi connectivity index (χ0) is 13.1. The smallest absolute Gasteiger partial charge is 0.277 e. The summed E-state index contributed by atoms with van der Waals surface area (Å²) in [4.78, 5) is 24.7. The molecule has 0 aliphatic heterocycles. The Hall–Kier alpha value is -1.28. The van der Waals surface area contributed by atoms with E-state index in [9.17, 15) is 18.4 Å². The van der Waals surface area contributed by atoms with Crippen molar-refractivity contribution in [3.63, 3.8) is 0 Å². The van der Waals surface area contributed by atoms with Gasteiger partial charge in [0.25, 0.3) is 17.4 Å². The molecule has 0 fully saturated rings. The molecule has 0 aliphatic rings. The second-order valence-corrected chi connectivity index (χ2v) is 4.16. The predicted octanol–water partition coefficient (Wildman–Crippen LogP) is 0.461. The molecule has 1 aromatic rings. The first-order valence-electron chi connectivity index (χ1n) is 4.60. The Bertz CT molecular complexity index is 476. The molecule has 1 rings (SSSR count). The number of alkyl halides is 2. The summed E-state index contributed by atoms with van der Waals surface area (Å²) in [6.45, 7) is -1.69. The van der Waals surface area contributed by atoms with E-state index in [1.807, 2.05) is 5.32 Å². The molecule has 0 saturated carbocycles. The molecule has 0 aliphatic carbocycles. The molecular weight excluding hydrogens is 300 g/mol. The summed E-state index contributed by atoms with van der Waals surface area (Å²) < 4.78 is 25.7. The van der Waals surface area contributed by atoms with E-state index in [1.54, 1.807) is 0 Å². The van der Waals surface area contributed by atoms with Gasteiger partial charge in [0.1, 0.15) is 0 Å². The number of amides is 1. The van der Waals surface area contributed by atoms with Crippen LogP contribution in [0, 0.1) is 0 Å². The molecule has 4 N–H and O–H groups in total. The normalized spacial score (nSPS) is 11.3. The van der Waals surface area contributed by atoms with E-state index in [0.717, 1.165) is 6.20 Å². The highest BCUT2D eigenvalue weighted by atomic mass is 79.9. The van der Waals surface area contributed by atoms with Gasteiger partial charge < -0.3 is 16.0 Å². The largest absolute Gasteiger partial charge is 0.346 e. The fraction of sp³-hybridized carbons (Fsp3) is 0.333. The van der Waals surface area contributed by atoms with Crippen LogP contribution in [0.4, 0.5) is 8.78 Å². The number of hydrogen-bond acceptors (Lipinski definition) is 3. The molecule has 0 atom stereocenters. The van der Waals surface area contributed by atoms with Gasteiger partial charge in [0, 0.05) is 6.20 Å². The molecular formula is C9H10BrF2N3O2. The molecule has 1 heterocycles. The zero-order valence-corrected chi connectivity index (χ0v) is 10.2. The topological polar surface area (TPSA) is 88.0 Å². The summed E-state index contributed by atoms with van der Waals surface area (Å²) >= 11 is 2.93. The monoisotopic (exact) mass is 309 g/mol. The molecule has 1 aromatic heterocycles. The van der Waals surface area contributed by atoms with Gasteiger partial charge in [-0.1, -0.05) is 0 Å². The van der Waals surface area contributed by atoms with E-state index in [0.29, 0.717) is 0 Å². The number of hydrogen-bond donors (Lipinski definition) is 3. The second-order valence-electron chi connectivity index (χ2n) is 3.31. The van der Waals surface area contributed by atoms with E-state index in [1.165, 1.54) is 6.07 Å². The minimum absolute atomic E-state index is 0.0734. The lowest BCUT2D eigenvalue weighted by Crippen LogP contribution is -2.41. The van der Waals surface area contributed by atoms with Crippen molar-refractivity contribution in [3.05, 3.63) is 32.7 Å². The Morgan fingerprint density at radius 3 is 2.76 bits per heavy atom. The molecule has 8 heteroatoms. The molecule has 5 nitrogen and oxygen atoms in total. The number of pyridine rings is 1. The standard InChI is InChI=1S/C9H10BrF2N3O2/c10-6-1-5(2-14-8(6)17)7(16)15-4-9(11,12)3-13/h1-2H,3-4,13H2,(H,14,17)(H,15,16). The first-order chi connectivity index (χ1) is 7.85. The van der Waals surface area contributed by atoms with Crippen LogP contribution in [0.5, 0.6) is 0 Å². The quantitative estimate of drug-likeness (QED) is 0.755. The lowest BCUT2D eigenvalue weighted by molar-refractivity contribution is 0.0118. The number of H-pyrrole nitrogens is 1. The molecule has 0 aromatic carbocycles. The van der Waals surface area contributed by atoms with E-state index in [4.69, 9.17) is 5.73 Å². The average Bonchev–Trinajstić information content (AvgIpc) is 2.30. The van der Waals surface area contributed by atoms with Crippen LogP contribution in [0.3, 0.4) is 0 Å². The van der Waals surface area contributed by atoms with Crippen LogP contribution in [-0.2, 0) is 0 Å². The average molecular weight is 310 g/mol. The summed E-state index contributed by atoms with van der Waals surface area (Å²) in [6, 6.07) is 1.24.